The molecule has 0 bridgehead atoms. The fourth-order valence-corrected chi connectivity index (χ4v) is 6.09. The lowest BCUT2D eigenvalue weighted by molar-refractivity contribution is -0.147. The molecule has 276 valence electrons. The first-order valence-corrected chi connectivity index (χ1v) is 16.6. The van der Waals surface area contributed by atoms with Gasteiger partial charge >= 0.3 is 24.8 Å². The van der Waals surface area contributed by atoms with Crippen LogP contribution in [-0.2, 0) is 39.2 Å². The van der Waals surface area contributed by atoms with Gasteiger partial charge in [0.15, 0.2) is 0 Å². The van der Waals surface area contributed by atoms with Gasteiger partial charge in [-0.05, 0) is 63.1 Å². The van der Waals surface area contributed by atoms with Gasteiger partial charge in [-0.25, -0.2) is 24.4 Å². The molecule has 2 saturated heterocycles. The van der Waals surface area contributed by atoms with Crippen LogP contribution in [-0.4, -0.2) is 92.9 Å². The minimum Gasteiger partial charge on any atom is -0.459 e. The molecule has 2 aliphatic rings. The van der Waals surface area contributed by atoms with Crippen molar-refractivity contribution in [3.8, 4) is 16.9 Å². The van der Waals surface area contributed by atoms with E-state index >= 15 is 0 Å². The maximum atomic E-state index is 13.5. The van der Waals surface area contributed by atoms with Crippen LogP contribution in [0.25, 0.3) is 22.0 Å². The number of piperazine rings is 1. The highest BCUT2D eigenvalue weighted by Gasteiger charge is 2.38. The standard InChI is InChI=1S/C35H39F2N7O8/c1-20(40-33(47)52-35(2,3)4)30(46)49-18-21-6-9-28(51-31(36)37)23(12-21)16-44-27-13-22(7-8-26(27)29(45)41(44)5)24-14-38-32(39-15-24)42-10-11-43-25(17-42)19-50-34(43)48/h6-9,12-15,20,25,31H,10-11,16-19H2,1-5H3,(H,40,47)/t20-,25-/m0/s1. The Balaban J connectivity index is 1.21. The van der Waals surface area contributed by atoms with Crippen LogP contribution in [0.2, 0.25) is 0 Å². The smallest absolute Gasteiger partial charge is 0.410 e. The zero-order chi connectivity index (χ0) is 37.3. The summed E-state index contributed by atoms with van der Waals surface area (Å²) in [4.78, 5) is 62.6. The predicted octanol–water partition coefficient (Wildman–Crippen LogP) is 4.04. The van der Waals surface area contributed by atoms with Crippen molar-refractivity contribution in [3.05, 3.63) is 70.3 Å². The predicted molar refractivity (Wildman–Crippen MR) is 183 cm³/mol. The lowest BCUT2D eigenvalue weighted by Crippen LogP contribution is -2.52. The SMILES string of the molecule is C[C@H](NC(=O)OC(C)(C)C)C(=O)OCc1ccc(OC(F)F)c(Cn2c3cc(-c4cnc(N5CCN6C(=O)OC[C@@H]6C5)nc4)ccc3c(=O)n2C)c1. The maximum Gasteiger partial charge on any atom is 0.410 e. The Morgan fingerprint density at radius 1 is 1.06 bits per heavy atom. The van der Waals surface area contributed by atoms with Crippen molar-refractivity contribution in [3.63, 3.8) is 0 Å². The van der Waals surface area contributed by atoms with E-state index in [4.69, 9.17) is 18.9 Å². The van der Waals surface area contributed by atoms with Crippen molar-refractivity contribution in [1.82, 2.24) is 29.5 Å². The minimum absolute atomic E-state index is 0.0477. The molecule has 2 aliphatic heterocycles. The van der Waals surface area contributed by atoms with Crippen LogP contribution in [0.5, 0.6) is 5.75 Å². The van der Waals surface area contributed by atoms with E-state index in [2.05, 4.69) is 15.3 Å². The number of cyclic esters (lactones) is 1. The normalized spacial score (nSPS) is 16.5. The quantitative estimate of drug-likeness (QED) is 0.186. The van der Waals surface area contributed by atoms with Gasteiger partial charge in [0.25, 0.3) is 5.56 Å². The van der Waals surface area contributed by atoms with Crippen molar-refractivity contribution >= 4 is 35.0 Å². The molecule has 4 aromatic rings. The molecule has 0 spiro atoms. The molecule has 15 nitrogen and oxygen atoms in total. The third-order valence-electron chi connectivity index (χ3n) is 8.66. The average Bonchev–Trinajstić information content (AvgIpc) is 3.58. The lowest BCUT2D eigenvalue weighted by Gasteiger charge is -2.35. The second-order valence-corrected chi connectivity index (χ2v) is 13.6. The van der Waals surface area contributed by atoms with Crippen LogP contribution in [0.15, 0.2) is 53.6 Å². The van der Waals surface area contributed by atoms with E-state index in [0.717, 1.165) is 5.56 Å². The molecule has 6 rings (SSSR count). The van der Waals surface area contributed by atoms with Gasteiger partial charge in [-0.2, -0.15) is 8.78 Å². The van der Waals surface area contributed by atoms with Crippen molar-refractivity contribution in [2.45, 2.75) is 65.1 Å². The molecular formula is C35H39F2N7O8. The Labute approximate surface area is 297 Å². The summed E-state index contributed by atoms with van der Waals surface area (Å²) in [6.45, 7) is 5.10. The third-order valence-corrected chi connectivity index (χ3v) is 8.66. The Morgan fingerprint density at radius 3 is 2.52 bits per heavy atom. The Morgan fingerprint density at radius 2 is 1.81 bits per heavy atom. The van der Waals surface area contributed by atoms with E-state index in [1.54, 1.807) is 74.1 Å². The molecule has 1 N–H and O–H groups in total. The molecule has 4 heterocycles. The summed E-state index contributed by atoms with van der Waals surface area (Å²) in [5.74, 6) is -0.327. The number of halogens is 2. The average molecular weight is 724 g/mol. The number of esters is 1. The zero-order valence-electron chi connectivity index (χ0n) is 29.3. The summed E-state index contributed by atoms with van der Waals surface area (Å²) in [7, 11) is 1.57. The number of ether oxygens (including phenoxy) is 4. The number of fused-ring (bicyclic) bond motifs is 2. The van der Waals surface area contributed by atoms with Crippen LogP contribution < -0.4 is 20.5 Å². The third kappa shape index (κ3) is 7.92. The molecule has 0 radical (unpaired) electrons. The van der Waals surface area contributed by atoms with Crippen molar-refractivity contribution in [2.75, 3.05) is 31.1 Å². The summed E-state index contributed by atoms with van der Waals surface area (Å²) in [5, 5.41) is 2.82. The first-order valence-electron chi connectivity index (χ1n) is 16.6. The fraction of sp³-hybridized carbons (Fsp3) is 0.429. The molecule has 2 amide bonds. The highest BCUT2D eigenvalue weighted by Crippen LogP contribution is 2.28. The van der Waals surface area contributed by atoms with Gasteiger partial charge in [0.1, 0.15) is 30.6 Å². The van der Waals surface area contributed by atoms with Gasteiger partial charge in [0.2, 0.25) is 5.95 Å². The number of aromatic nitrogens is 4. The minimum atomic E-state index is -3.11. The Bertz CT molecular complexity index is 2040. The van der Waals surface area contributed by atoms with Gasteiger partial charge in [0, 0.05) is 50.2 Å². The second kappa shape index (κ2) is 14.5. The highest BCUT2D eigenvalue weighted by atomic mass is 19.3. The number of carbonyl (C=O) groups excluding carboxylic acids is 3. The number of hydrogen-bond acceptors (Lipinski definition) is 11. The van der Waals surface area contributed by atoms with Gasteiger partial charge in [-0.3, -0.25) is 19.1 Å². The number of carbonyl (C=O) groups is 3. The summed E-state index contributed by atoms with van der Waals surface area (Å²) >= 11 is 0. The number of rotatable bonds is 10. The molecule has 2 atom stereocenters. The van der Waals surface area contributed by atoms with Crippen LogP contribution in [0.4, 0.5) is 24.3 Å². The van der Waals surface area contributed by atoms with E-state index in [-0.39, 0.29) is 36.6 Å². The Kier molecular flexibility index (Phi) is 10.0. The highest BCUT2D eigenvalue weighted by molar-refractivity contribution is 5.84. The number of hydrogen-bond donors (Lipinski definition) is 1. The van der Waals surface area contributed by atoms with Crippen LogP contribution >= 0.6 is 0 Å². The molecule has 2 aromatic carbocycles. The molecule has 2 aromatic heterocycles. The topological polar surface area (TPSA) is 159 Å². The van der Waals surface area contributed by atoms with Crippen LogP contribution in [0.3, 0.4) is 0 Å². The van der Waals surface area contributed by atoms with E-state index in [0.29, 0.717) is 59.8 Å². The number of nitrogens with one attached hydrogen (secondary N) is 1. The van der Waals surface area contributed by atoms with Crippen molar-refractivity contribution in [2.24, 2.45) is 7.05 Å². The molecule has 17 heteroatoms. The second-order valence-electron chi connectivity index (χ2n) is 13.6. The number of amides is 2. The van der Waals surface area contributed by atoms with E-state index in [9.17, 15) is 28.0 Å². The number of benzene rings is 2. The first-order chi connectivity index (χ1) is 24.7. The molecule has 0 saturated carbocycles. The number of nitrogens with zero attached hydrogens (tertiary/aromatic N) is 6. The number of alkyl halides is 2. The molecule has 2 fully saturated rings. The summed E-state index contributed by atoms with van der Waals surface area (Å²) in [5.41, 5.74) is 1.64. The van der Waals surface area contributed by atoms with Gasteiger partial charge in [-0.1, -0.05) is 12.1 Å². The van der Waals surface area contributed by atoms with Crippen molar-refractivity contribution in [1.29, 1.82) is 0 Å². The largest absolute Gasteiger partial charge is 0.459 e. The fourth-order valence-electron chi connectivity index (χ4n) is 6.09. The number of anilines is 1. The molecule has 0 unspecified atom stereocenters. The molecule has 52 heavy (non-hydrogen) atoms. The molecule has 0 aliphatic carbocycles. The number of alkyl carbamates (subject to hydrolysis) is 1. The van der Waals surface area contributed by atoms with E-state index < -0.39 is 30.3 Å². The van der Waals surface area contributed by atoms with Crippen LogP contribution in [0.1, 0.15) is 38.8 Å². The van der Waals surface area contributed by atoms with Gasteiger partial charge in [0.05, 0.1) is 23.5 Å². The van der Waals surface area contributed by atoms with E-state index in [1.165, 1.54) is 23.7 Å². The summed E-state index contributed by atoms with van der Waals surface area (Å²) in [6, 6.07) is 8.58. The maximum absolute atomic E-state index is 13.5. The lowest BCUT2D eigenvalue weighted by atomic mass is 10.1. The Hall–Kier alpha value is -5.74. The van der Waals surface area contributed by atoms with Crippen LogP contribution in [0, 0.1) is 0 Å². The summed E-state index contributed by atoms with van der Waals surface area (Å²) < 4.78 is 50.4. The summed E-state index contributed by atoms with van der Waals surface area (Å²) in [6.07, 6.45) is 2.28. The van der Waals surface area contributed by atoms with Crippen molar-refractivity contribution < 1.29 is 42.1 Å². The van der Waals surface area contributed by atoms with Gasteiger partial charge in [-0.15, -0.1) is 0 Å². The van der Waals surface area contributed by atoms with E-state index in [1.807, 2.05) is 4.90 Å². The zero-order valence-corrected chi connectivity index (χ0v) is 29.3. The van der Waals surface area contributed by atoms with Gasteiger partial charge < -0.3 is 29.2 Å². The molecular weight excluding hydrogens is 684 g/mol. The monoisotopic (exact) mass is 723 g/mol. The first kappa shape index (κ1) is 36.1.